The third kappa shape index (κ3) is 3.21. The first kappa shape index (κ1) is 15.5. The predicted octanol–water partition coefficient (Wildman–Crippen LogP) is 2.32. The zero-order valence-corrected chi connectivity index (χ0v) is 14.0. The van der Waals surface area contributed by atoms with Crippen molar-refractivity contribution in [1.29, 1.82) is 0 Å². The van der Waals surface area contributed by atoms with Gasteiger partial charge in [-0.3, -0.25) is 4.79 Å². The van der Waals surface area contributed by atoms with Crippen molar-refractivity contribution in [3.05, 3.63) is 50.5 Å². The van der Waals surface area contributed by atoms with Crippen LogP contribution in [0.1, 0.15) is 11.1 Å². The minimum absolute atomic E-state index is 0.219. The molecule has 23 heavy (non-hydrogen) atoms. The second-order valence-electron chi connectivity index (χ2n) is 5.39. The lowest BCUT2D eigenvalue weighted by Gasteiger charge is -2.26. The molecule has 0 saturated carbocycles. The molecule has 3 rings (SSSR count). The van der Waals surface area contributed by atoms with Crippen molar-refractivity contribution >= 4 is 33.5 Å². The highest BCUT2D eigenvalue weighted by atomic mass is 79.9. The Hall–Kier alpha value is -2.35. The van der Waals surface area contributed by atoms with Crippen molar-refractivity contribution in [1.82, 2.24) is 14.5 Å². The summed E-state index contributed by atoms with van der Waals surface area (Å²) in [5.74, 6) is 0.241. The van der Waals surface area contributed by atoms with Crippen LogP contribution in [-0.4, -0.2) is 32.2 Å². The highest BCUT2D eigenvalue weighted by molar-refractivity contribution is 9.10. The van der Waals surface area contributed by atoms with Gasteiger partial charge >= 0.3 is 6.09 Å². The number of rotatable bonds is 2. The van der Waals surface area contributed by atoms with Crippen LogP contribution in [0.25, 0.3) is 0 Å². The zero-order valence-electron chi connectivity index (χ0n) is 12.4. The Balaban J connectivity index is 1.87. The van der Waals surface area contributed by atoms with Crippen LogP contribution in [-0.2, 0) is 20.0 Å². The van der Waals surface area contributed by atoms with E-state index in [1.165, 1.54) is 9.47 Å². The molecule has 0 unspecified atom stereocenters. The van der Waals surface area contributed by atoms with E-state index >= 15 is 0 Å². The predicted molar refractivity (Wildman–Crippen MR) is 89.0 cm³/mol. The molecule has 7 nitrogen and oxygen atoms in total. The molecule has 0 bridgehead atoms. The SMILES string of the molecule is Cn1cc(Br)nc(Nc2ccc3c(c2)CCN(C(=O)O)C3)c1=O. The molecule has 0 aliphatic carbocycles. The first-order valence-corrected chi connectivity index (χ1v) is 7.83. The van der Waals surface area contributed by atoms with Crippen LogP contribution in [0.5, 0.6) is 0 Å². The van der Waals surface area contributed by atoms with Crippen LogP contribution in [0.4, 0.5) is 16.3 Å². The van der Waals surface area contributed by atoms with Gasteiger partial charge < -0.3 is 19.9 Å². The summed E-state index contributed by atoms with van der Waals surface area (Å²) in [6, 6.07) is 5.65. The highest BCUT2D eigenvalue weighted by Crippen LogP contribution is 2.24. The number of nitrogens with zero attached hydrogens (tertiary/aromatic N) is 3. The highest BCUT2D eigenvalue weighted by Gasteiger charge is 2.20. The fraction of sp³-hybridized carbons (Fsp3) is 0.267. The number of hydrogen-bond acceptors (Lipinski definition) is 4. The van der Waals surface area contributed by atoms with Crippen molar-refractivity contribution < 1.29 is 9.90 Å². The maximum Gasteiger partial charge on any atom is 0.407 e. The number of fused-ring (bicyclic) bond motifs is 1. The van der Waals surface area contributed by atoms with Crippen molar-refractivity contribution in [2.75, 3.05) is 11.9 Å². The Morgan fingerprint density at radius 2 is 2.17 bits per heavy atom. The first-order chi connectivity index (χ1) is 10.9. The van der Waals surface area contributed by atoms with Gasteiger partial charge in [0.15, 0.2) is 5.82 Å². The maximum atomic E-state index is 12.1. The number of carboxylic acid groups (broad SMARTS) is 1. The molecule has 8 heteroatoms. The molecule has 1 aromatic heterocycles. The quantitative estimate of drug-likeness (QED) is 0.836. The van der Waals surface area contributed by atoms with E-state index in [1.807, 2.05) is 18.2 Å². The van der Waals surface area contributed by atoms with Crippen LogP contribution < -0.4 is 10.9 Å². The molecule has 120 valence electrons. The van der Waals surface area contributed by atoms with Crippen LogP contribution >= 0.6 is 15.9 Å². The molecule has 0 fully saturated rings. The Bertz CT molecular complexity index is 834. The lowest BCUT2D eigenvalue weighted by atomic mass is 9.99. The summed E-state index contributed by atoms with van der Waals surface area (Å²) in [5.41, 5.74) is 2.61. The number of amides is 1. The molecular formula is C15H15BrN4O3. The smallest absolute Gasteiger partial charge is 0.407 e. The molecule has 1 aromatic carbocycles. The molecule has 1 amide bonds. The average Bonchev–Trinajstić information content (AvgIpc) is 2.51. The molecule has 0 atom stereocenters. The molecule has 2 N–H and O–H groups in total. The third-order valence-electron chi connectivity index (χ3n) is 3.79. The normalized spacial score (nSPS) is 13.6. The second-order valence-corrected chi connectivity index (χ2v) is 6.20. The van der Waals surface area contributed by atoms with E-state index in [9.17, 15) is 9.59 Å². The molecule has 2 aromatic rings. The van der Waals surface area contributed by atoms with Crippen LogP contribution in [0.2, 0.25) is 0 Å². The van der Waals surface area contributed by atoms with Crippen LogP contribution in [0.3, 0.4) is 0 Å². The standard InChI is InChI=1S/C15H15BrN4O3/c1-19-8-12(16)18-13(14(19)21)17-11-3-2-10-7-20(15(22)23)5-4-9(10)6-11/h2-3,6,8H,4-5,7H2,1H3,(H,17,18)(H,22,23). The van der Waals surface area contributed by atoms with Gasteiger partial charge in [-0.05, 0) is 45.6 Å². The van der Waals surface area contributed by atoms with E-state index in [0.717, 1.165) is 16.8 Å². The number of aryl methyl sites for hydroxylation is 1. The molecular weight excluding hydrogens is 364 g/mol. The zero-order chi connectivity index (χ0) is 16.6. The van der Waals surface area contributed by atoms with Gasteiger partial charge in [0.1, 0.15) is 4.60 Å². The van der Waals surface area contributed by atoms with Gasteiger partial charge in [-0.15, -0.1) is 0 Å². The summed E-state index contributed by atoms with van der Waals surface area (Å²) >= 11 is 3.27. The molecule has 1 aliphatic heterocycles. The number of nitrogens with one attached hydrogen (secondary N) is 1. The first-order valence-electron chi connectivity index (χ1n) is 7.04. The Morgan fingerprint density at radius 3 is 2.91 bits per heavy atom. The molecule has 0 radical (unpaired) electrons. The van der Waals surface area contributed by atoms with Crippen LogP contribution in [0.15, 0.2) is 33.8 Å². The Morgan fingerprint density at radius 1 is 1.39 bits per heavy atom. The summed E-state index contributed by atoms with van der Waals surface area (Å²) in [7, 11) is 1.66. The molecule has 0 saturated heterocycles. The fourth-order valence-electron chi connectivity index (χ4n) is 2.58. The van der Waals surface area contributed by atoms with Gasteiger partial charge in [0.2, 0.25) is 0 Å². The van der Waals surface area contributed by atoms with Gasteiger partial charge in [0, 0.05) is 32.0 Å². The van der Waals surface area contributed by atoms with Gasteiger partial charge in [-0.1, -0.05) is 6.07 Å². The summed E-state index contributed by atoms with van der Waals surface area (Å²) in [6.07, 6.45) is 1.35. The lowest BCUT2D eigenvalue weighted by molar-refractivity contribution is 0.140. The monoisotopic (exact) mass is 378 g/mol. The minimum atomic E-state index is -0.903. The number of carbonyl (C=O) groups is 1. The number of halogens is 1. The van der Waals surface area contributed by atoms with Gasteiger partial charge in [0.05, 0.1) is 0 Å². The average molecular weight is 379 g/mol. The maximum absolute atomic E-state index is 12.1. The van der Waals surface area contributed by atoms with Gasteiger partial charge in [-0.2, -0.15) is 0 Å². The summed E-state index contributed by atoms with van der Waals surface area (Å²) < 4.78 is 2.01. The van der Waals surface area contributed by atoms with E-state index in [4.69, 9.17) is 5.11 Å². The van der Waals surface area contributed by atoms with E-state index in [-0.39, 0.29) is 11.4 Å². The third-order valence-corrected chi connectivity index (χ3v) is 4.18. The lowest BCUT2D eigenvalue weighted by Crippen LogP contribution is -2.34. The molecule has 1 aliphatic rings. The number of benzene rings is 1. The number of aromatic nitrogens is 2. The largest absolute Gasteiger partial charge is 0.465 e. The van der Waals surface area contributed by atoms with E-state index in [2.05, 4.69) is 26.2 Å². The van der Waals surface area contributed by atoms with Crippen LogP contribution in [0, 0.1) is 0 Å². The minimum Gasteiger partial charge on any atom is -0.465 e. The number of hydrogen-bond donors (Lipinski definition) is 2. The van der Waals surface area contributed by atoms with Crippen molar-refractivity contribution in [2.24, 2.45) is 7.05 Å². The molecule has 0 spiro atoms. The van der Waals surface area contributed by atoms with E-state index in [0.29, 0.717) is 24.1 Å². The second kappa shape index (κ2) is 6.04. The van der Waals surface area contributed by atoms with Gasteiger partial charge in [-0.25, -0.2) is 9.78 Å². The Labute approximate surface area is 140 Å². The summed E-state index contributed by atoms with van der Waals surface area (Å²) in [5, 5.41) is 12.1. The summed E-state index contributed by atoms with van der Waals surface area (Å²) in [6.45, 7) is 0.866. The Kier molecular flexibility index (Phi) is 4.08. The van der Waals surface area contributed by atoms with Crippen molar-refractivity contribution in [2.45, 2.75) is 13.0 Å². The van der Waals surface area contributed by atoms with Crippen molar-refractivity contribution in [3.63, 3.8) is 0 Å². The van der Waals surface area contributed by atoms with E-state index in [1.54, 1.807) is 13.2 Å². The summed E-state index contributed by atoms with van der Waals surface area (Å²) in [4.78, 5) is 28.7. The molecule has 2 heterocycles. The topological polar surface area (TPSA) is 87.5 Å². The van der Waals surface area contributed by atoms with Gasteiger partial charge in [0.25, 0.3) is 5.56 Å². The van der Waals surface area contributed by atoms with Crippen molar-refractivity contribution in [3.8, 4) is 0 Å². The van der Waals surface area contributed by atoms with E-state index < -0.39 is 6.09 Å². The number of anilines is 2. The fourth-order valence-corrected chi connectivity index (χ4v) is 3.07.